The summed E-state index contributed by atoms with van der Waals surface area (Å²) in [7, 11) is 0. The summed E-state index contributed by atoms with van der Waals surface area (Å²) in [5.74, 6) is 1.86. The van der Waals surface area contributed by atoms with Crippen LogP contribution in [0.25, 0.3) is 0 Å². The molecule has 0 unspecified atom stereocenters. The Hall–Kier alpha value is -1.16. The van der Waals surface area contributed by atoms with Crippen molar-refractivity contribution in [1.29, 1.82) is 0 Å². The first-order valence-corrected chi connectivity index (χ1v) is 13.1. The van der Waals surface area contributed by atoms with Crippen LogP contribution in [0.3, 0.4) is 0 Å². The second-order valence-corrected chi connectivity index (χ2v) is 14.8. The van der Waals surface area contributed by atoms with Gasteiger partial charge in [0.25, 0.3) is 0 Å². The van der Waals surface area contributed by atoms with Gasteiger partial charge in [0.15, 0.2) is 0 Å². The summed E-state index contributed by atoms with van der Waals surface area (Å²) in [4.78, 5) is 0. The van der Waals surface area contributed by atoms with E-state index in [0.717, 1.165) is 20.4 Å². The van der Waals surface area contributed by atoms with Crippen LogP contribution in [0.1, 0.15) is 13.8 Å². The van der Waals surface area contributed by atoms with Gasteiger partial charge in [0.1, 0.15) is 0 Å². The summed E-state index contributed by atoms with van der Waals surface area (Å²) in [6, 6.07) is 20.0. The van der Waals surface area contributed by atoms with Crippen LogP contribution in [-0.4, -0.2) is 19.2 Å². The number of hydrogen-bond donors (Lipinski definition) is 0. The van der Waals surface area contributed by atoms with Gasteiger partial charge in [0, 0.05) is 0 Å². The first-order valence-electron chi connectivity index (χ1n) is 6.76. The first kappa shape index (κ1) is 14.3. The molecule has 100 valence electrons. The first-order chi connectivity index (χ1) is 9.28. The van der Waals surface area contributed by atoms with Crippen LogP contribution in [0.5, 0.6) is 11.5 Å². The van der Waals surface area contributed by atoms with Crippen LogP contribution in [0.15, 0.2) is 60.7 Å². The van der Waals surface area contributed by atoms with E-state index < -0.39 is 19.2 Å². The molecular weight excluding hydrogens is 343 g/mol. The van der Waals surface area contributed by atoms with E-state index in [9.17, 15) is 0 Å². The zero-order chi connectivity index (χ0) is 13.6. The molecule has 2 aromatic rings. The predicted octanol–water partition coefficient (Wildman–Crippen LogP) is 4.63. The standard InChI is InChI=1S/2C6H6O.2C2H5.Sn/c2*7-6-4-2-1-3-5-6;2*1-2;/h2*1-5,7H;2*1H2,2H3;/q;;;;+2/p-2. The average molecular weight is 363 g/mol. The summed E-state index contributed by atoms with van der Waals surface area (Å²) in [5, 5.41) is 0. The fourth-order valence-corrected chi connectivity index (χ4v) is 8.39. The molecule has 0 spiro atoms. The molecule has 2 aromatic carbocycles. The zero-order valence-corrected chi connectivity index (χ0v) is 14.4. The summed E-state index contributed by atoms with van der Waals surface area (Å²) in [6.45, 7) is 4.34. The third-order valence-electron chi connectivity index (χ3n) is 3.17. The minimum absolute atomic E-state index is 0.929. The van der Waals surface area contributed by atoms with Crippen LogP contribution >= 0.6 is 0 Å². The average Bonchev–Trinajstić information content (AvgIpc) is 2.48. The second kappa shape index (κ2) is 6.85. The van der Waals surface area contributed by atoms with Gasteiger partial charge in [0.05, 0.1) is 0 Å². The van der Waals surface area contributed by atoms with E-state index in [1.807, 2.05) is 60.7 Å². The molecule has 0 N–H and O–H groups in total. The Kier molecular flexibility index (Phi) is 5.14. The number of para-hydroxylation sites is 2. The van der Waals surface area contributed by atoms with E-state index in [4.69, 9.17) is 6.15 Å². The van der Waals surface area contributed by atoms with Gasteiger partial charge in [-0.15, -0.1) is 0 Å². The van der Waals surface area contributed by atoms with Crippen molar-refractivity contribution in [2.75, 3.05) is 0 Å². The van der Waals surface area contributed by atoms with Crippen molar-refractivity contribution in [2.24, 2.45) is 0 Å². The summed E-state index contributed by atoms with van der Waals surface area (Å²) >= 11 is -3.05. The van der Waals surface area contributed by atoms with Crippen LogP contribution < -0.4 is 6.15 Å². The number of benzene rings is 2. The van der Waals surface area contributed by atoms with Crippen molar-refractivity contribution in [1.82, 2.24) is 0 Å². The topological polar surface area (TPSA) is 18.5 Å². The van der Waals surface area contributed by atoms with Gasteiger partial charge in [-0.1, -0.05) is 0 Å². The van der Waals surface area contributed by atoms with E-state index in [1.165, 1.54) is 0 Å². The van der Waals surface area contributed by atoms with E-state index in [2.05, 4.69) is 13.8 Å². The molecule has 0 atom stereocenters. The molecule has 0 aliphatic rings. The van der Waals surface area contributed by atoms with E-state index >= 15 is 0 Å². The maximum atomic E-state index is 6.29. The number of rotatable bonds is 6. The van der Waals surface area contributed by atoms with Gasteiger partial charge >= 0.3 is 120 Å². The van der Waals surface area contributed by atoms with Gasteiger partial charge < -0.3 is 0 Å². The monoisotopic (exact) mass is 364 g/mol. The van der Waals surface area contributed by atoms with Gasteiger partial charge in [-0.2, -0.15) is 0 Å². The fourth-order valence-electron chi connectivity index (χ4n) is 1.97. The molecule has 3 heteroatoms. The molecule has 2 rings (SSSR count). The molecule has 0 amide bonds. The van der Waals surface area contributed by atoms with E-state index in [1.54, 1.807) is 0 Å². The molecular formula is C16H20O2Sn. The molecule has 0 fully saturated rings. The fraction of sp³-hybridized carbons (Fsp3) is 0.250. The molecule has 2 nitrogen and oxygen atoms in total. The van der Waals surface area contributed by atoms with Gasteiger partial charge in [0.2, 0.25) is 0 Å². The van der Waals surface area contributed by atoms with E-state index in [-0.39, 0.29) is 0 Å². The molecule has 0 heterocycles. The Balaban J connectivity index is 2.18. The quantitative estimate of drug-likeness (QED) is 0.697. The predicted molar refractivity (Wildman–Crippen MR) is 80.9 cm³/mol. The Morgan fingerprint density at radius 2 is 1.05 bits per heavy atom. The number of hydrogen-bond acceptors (Lipinski definition) is 2. The Morgan fingerprint density at radius 1 is 0.684 bits per heavy atom. The molecule has 19 heavy (non-hydrogen) atoms. The van der Waals surface area contributed by atoms with Crippen molar-refractivity contribution in [3.8, 4) is 11.5 Å². The van der Waals surface area contributed by atoms with Crippen molar-refractivity contribution in [3.63, 3.8) is 0 Å². The molecule has 0 bridgehead atoms. The molecule has 0 radical (unpaired) electrons. The Bertz CT molecular complexity index is 437. The molecule has 0 aromatic heterocycles. The van der Waals surface area contributed by atoms with Crippen LogP contribution in [0, 0.1) is 0 Å². The van der Waals surface area contributed by atoms with Gasteiger partial charge in [-0.05, 0) is 0 Å². The normalized spacial score (nSPS) is 11.1. The second-order valence-electron chi connectivity index (χ2n) is 4.45. The van der Waals surface area contributed by atoms with Crippen LogP contribution in [0.2, 0.25) is 8.87 Å². The maximum absolute atomic E-state index is 6.29. The van der Waals surface area contributed by atoms with Crippen molar-refractivity contribution in [2.45, 2.75) is 22.7 Å². The summed E-state index contributed by atoms with van der Waals surface area (Å²) in [6.07, 6.45) is 0. The third-order valence-corrected chi connectivity index (χ3v) is 12.8. The third kappa shape index (κ3) is 3.90. The van der Waals surface area contributed by atoms with Gasteiger partial charge in [-0.25, -0.2) is 0 Å². The zero-order valence-electron chi connectivity index (χ0n) is 11.5. The van der Waals surface area contributed by atoms with Crippen molar-refractivity contribution < 1.29 is 6.15 Å². The van der Waals surface area contributed by atoms with E-state index in [0.29, 0.717) is 0 Å². The Morgan fingerprint density at radius 3 is 1.37 bits per heavy atom. The van der Waals surface area contributed by atoms with Crippen molar-refractivity contribution >= 4 is 19.2 Å². The molecule has 0 saturated carbocycles. The molecule has 0 aliphatic carbocycles. The molecule has 0 saturated heterocycles. The Labute approximate surface area is 120 Å². The van der Waals surface area contributed by atoms with Crippen LogP contribution in [0.4, 0.5) is 0 Å². The van der Waals surface area contributed by atoms with Gasteiger partial charge in [-0.3, -0.25) is 0 Å². The molecule has 0 aliphatic heterocycles. The summed E-state index contributed by atoms with van der Waals surface area (Å²) in [5.41, 5.74) is 0. The van der Waals surface area contributed by atoms with Crippen molar-refractivity contribution in [3.05, 3.63) is 60.7 Å². The summed E-state index contributed by atoms with van der Waals surface area (Å²) < 4.78 is 14.6. The SMILES string of the molecule is C[CH2][Sn]([CH2]C)([O]c1ccccc1)[O]c1ccccc1. The van der Waals surface area contributed by atoms with Crippen LogP contribution in [-0.2, 0) is 0 Å². The minimum atomic E-state index is -3.05.